The van der Waals surface area contributed by atoms with E-state index in [1.54, 1.807) is 0 Å². The zero-order valence-corrected chi connectivity index (χ0v) is 11.7. The second kappa shape index (κ2) is 5.76. The monoisotopic (exact) mass is 264 g/mol. The molecule has 0 aromatic rings. The van der Waals surface area contributed by atoms with Crippen LogP contribution in [0.15, 0.2) is 11.1 Å². The Bertz CT molecular complexity index is 408. The number of amides is 1. The van der Waals surface area contributed by atoms with Crippen LogP contribution in [0.1, 0.15) is 52.4 Å². The second-order valence-corrected chi connectivity index (χ2v) is 5.99. The van der Waals surface area contributed by atoms with Crippen molar-refractivity contribution in [3.05, 3.63) is 11.1 Å². The maximum absolute atomic E-state index is 12.3. The Labute approximate surface area is 114 Å². The van der Waals surface area contributed by atoms with E-state index in [4.69, 9.17) is 0 Å². The highest BCUT2D eigenvalue weighted by Gasteiger charge is 2.34. The molecule has 2 rings (SSSR count). The van der Waals surface area contributed by atoms with Gasteiger partial charge in [0, 0.05) is 23.8 Å². The zero-order valence-electron chi connectivity index (χ0n) is 11.7. The molecule has 0 aromatic carbocycles. The van der Waals surface area contributed by atoms with Crippen LogP contribution in [0.4, 0.5) is 0 Å². The van der Waals surface area contributed by atoms with Crippen molar-refractivity contribution in [1.82, 2.24) is 5.32 Å². The zero-order chi connectivity index (χ0) is 14.0. The molecule has 2 unspecified atom stereocenters. The summed E-state index contributed by atoms with van der Waals surface area (Å²) in [6.07, 6.45) is 5.32. The van der Waals surface area contributed by atoms with Crippen molar-refractivity contribution >= 4 is 11.9 Å². The van der Waals surface area contributed by atoms with Gasteiger partial charge in [-0.25, -0.2) is 0 Å². The van der Waals surface area contributed by atoms with E-state index < -0.39 is 17.8 Å². The van der Waals surface area contributed by atoms with E-state index in [1.165, 1.54) is 0 Å². The smallest absolute Gasteiger partial charge is 0.224 e. The van der Waals surface area contributed by atoms with Gasteiger partial charge in [-0.05, 0) is 39.5 Å². The molecular weight excluding hydrogens is 242 g/mol. The summed E-state index contributed by atoms with van der Waals surface area (Å²) < 4.78 is 0. The number of hydrogen-bond donors (Lipinski definition) is 1. The molecule has 0 radical (unpaired) electrons. The Hall–Kier alpha value is -1.32. The number of rotatable bonds is 3. The summed E-state index contributed by atoms with van der Waals surface area (Å²) >= 11 is 0. The first-order valence-corrected chi connectivity index (χ1v) is 7.15. The quantitative estimate of drug-likeness (QED) is 0.778. The van der Waals surface area contributed by atoms with Crippen LogP contribution in [0.5, 0.6) is 0 Å². The predicted octanol–water partition coefficient (Wildman–Crippen LogP) is 1.16. The first-order valence-electron chi connectivity index (χ1n) is 7.15. The molecule has 0 heterocycles. The van der Waals surface area contributed by atoms with E-state index in [-0.39, 0.29) is 11.9 Å². The number of carboxylic acid groups (broad SMARTS) is 1. The maximum Gasteiger partial charge on any atom is 0.224 e. The van der Waals surface area contributed by atoms with Crippen LogP contribution in [0.3, 0.4) is 0 Å². The van der Waals surface area contributed by atoms with E-state index in [9.17, 15) is 14.7 Å². The molecule has 0 aliphatic heterocycles. The molecule has 19 heavy (non-hydrogen) atoms. The average Bonchev–Trinajstić information content (AvgIpc) is 2.84. The highest BCUT2D eigenvalue weighted by atomic mass is 16.4. The van der Waals surface area contributed by atoms with Crippen LogP contribution in [0, 0.1) is 11.8 Å². The predicted molar refractivity (Wildman–Crippen MR) is 70.0 cm³/mol. The van der Waals surface area contributed by atoms with Crippen molar-refractivity contribution in [2.24, 2.45) is 11.8 Å². The molecule has 2 aliphatic rings. The van der Waals surface area contributed by atoms with Gasteiger partial charge in [-0.15, -0.1) is 0 Å². The molecule has 4 nitrogen and oxygen atoms in total. The van der Waals surface area contributed by atoms with Crippen LogP contribution >= 0.6 is 0 Å². The highest BCUT2D eigenvalue weighted by molar-refractivity contribution is 5.85. The van der Waals surface area contributed by atoms with Crippen molar-refractivity contribution < 1.29 is 14.7 Å². The second-order valence-electron chi connectivity index (χ2n) is 5.99. The molecule has 0 aromatic heterocycles. The third kappa shape index (κ3) is 3.17. The van der Waals surface area contributed by atoms with Gasteiger partial charge in [0.2, 0.25) is 5.91 Å². The van der Waals surface area contributed by atoms with Gasteiger partial charge in [-0.2, -0.15) is 0 Å². The van der Waals surface area contributed by atoms with E-state index >= 15 is 0 Å². The standard InChI is InChI=1S/C15H23NO3/c1-9-7-12(13(15(18)19)8-10(9)2)14(17)16-11-5-3-4-6-11/h11-13H,3-8H2,1-2H3,(H,16,17)(H,18,19)/p-1. The number of carbonyl (C=O) groups excluding carboxylic acids is 2. The molecule has 1 N–H and O–H groups in total. The topological polar surface area (TPSA) is 69.2 Å². The van der Waals surface area contributed by atoms with E-state index in [0.717, 1.165) is 36.8 Å². The number of nitrogens with one attached hydrogen (secondary N) is 1. The van der Waals surface area contributed by atoms with Crippen LogP contribution in [-0.4, -0.2) is 17.9 Å². The summed E-state index contributed by atoms with van der Waals surface area (Å²) in [5, 5.41) is 14.3. The maximum atomic E-state index is 12.3. The Morgan fingerprint density at radius 3 is 2.11 bits per heavy atom. The number of hydrogen-bond acceptors (Lipinski definition) is 3. The minimum atomic E-state index is -1.10. The van der Waals surface area contributed by atoms with Crippen molar-refractivity contribution in [3.63, 3.8) is 0 Å². The van der Waals surface area contributed by atoms with Crippen molar-refractivity contribution in [3.8, 4) is 0 Å². The molecule has 1 saturated carbocycles. The van der Waals surface area contributed by atoms with Crippen molar-refractivity contribution in [2.75, 3.05) is 0 Å². The van der Waals surface area contributed by atoms with Gasteiger partial charge in [0.05, 0.1) is 0 Å². The lowest BCUT2D eigenvalue weighted by atomic mass is 9.76. The first kappa shape index (κ1) is 14.1. The number of carboxylic acids is 1. The fourth-order valence-electron chi connectivity index (χ4n) is 3.19. The summed E-state index contributed by atoms with van der Waals surface area (Å²) in [6.45, 7) is 3.92. The van der Waals surface area contributed by atoms with Gasteiger partial charge in [0.15, 0.2) is 0 Å². The molecule has 1 amide bonds. The van der Waals surface area contributed by atoms with Gasteiger partial charge in [0.1, 0.15) is 0 Å². The summed E-state index contributed by atoms with van der Waals surface area (Å²) in [5.41, 5.74) is 2.23. The summed E-state index contributed by atoms with van der Waals surface area (Å²) in [7, 11) is 0. The SMILES string of the molecule is CC1=C(C)CC(C(=O)NC2CCCC2)C(C(=O)[O-])C1. The third-order valence-electron chi connectivity index (χ3n) is 4.61. The molecule has 2 atom stereocenters. The number of aliphatic carboxylic acids is 1. The summed E-state index contributed by atoms with van der Waals surface area (Å²) in [6, 6.07) is 0.238. The first-order chi connectivity index (χ1) is 8.99. The fourth-order valence-corrected chi connectivity index (χ4v) is 3.19. The van der Waals surface area contributed by atoms with Gasteiger partial charge in [0.25, 0.3) is 0 Å². The highest BCUT2D eigenvalue weighted by Crippen LogP contribution is 2.34. The van der Waals surface area contributed by atoms with E-state index in [1.807, 2.05) is 13.8 Å². The normalized spacial score (nSPS) is 28.5. The minimum absolute atomic E-state index is 0.104. The van der Waals surface area contributed by atoms with Crippen LogP contribution in [-0.2, 0) is 9.59 Å². The van der Waals surface area contributed by atoms with Gasteiger partial charge in [-0.1, -0.05) is 24.0 Å². The molecule has 4 heteroatoms. The minimum Gasteiger partial charge on any atom is -0.550 e. The average molecular weight is 264 g/mol. The largest absolute Gasteiger partial charge is 0.550 e. The Morgan fingerprint density at radius 1 is 1.05 bits per heavy atom. The van der Waals surface area contributed by atoms with Gasteiger partial charge < -0.3 is 15.2 Å². The Kier molecular flexibility index (Phi) is 4.27. The number of carbonyl (C=O) groups is 2. The van der Waals surface area contributed by atoms with Crippen molar-refractivity contribution in [2.45, 2.75) is 58.4 Å². The number of allylic oxidation sites excluding steroid dienone is 2. The fraction of sp³-hybridized carbons (Fsp3) is 0.733. The Balaban J connectivity index is 2.07. The molecule has 2 aliphatic carbocycles. The summed E-state index contributed by atoms with van der Waals surface area (Å²) in [5.74, 6) is -2.34. The van der Waals surface area contributed by atoms with Gasteiger partial charge >= 0.3 is 0 Å². The van der Waals surface area contributed by atoms with Crippen LogP contribution in [0.25, 0.3) is 0 Å². The van der Waals surface area contributed by atoms with Gasteiger partial charge in [-0.3, -0.25) is 4.79 Å². The van der Waals surface area contributed by atoms with Crippen molar-refractivity contribution in [1.29, 1.82) is 0 Å². The third-order valence-corrected chi connectivity index (χ3v) is 4.61. The van der Waals surface area contributed by atoms with Crippen LogP contribution in [0.2, 0.25) is 0 Å². The molecular formula is C15H22NO3-. The lowest BCUT2D eigenvalue weighted by molar-refractivity contribution is -0.313. The molecule has 106 valence electrons. The van der Waals surface area contributed by atoms with Crippen LogP contribution < -0.4 is 10.4 Å². The molecule has 1 fully saturated rings. The molecule has 0 saturated heterocycles. The molecule has 0 bridgehead atoms. The molecule has 0 spiro atoms. The summed E-state index contributed by atoms with van der Waals surface area (Å²) in [4.78, 5) is 23.5. The Morgan fingerprint density at radius 2 is 1.58 bits per heavy atom. The lowest BCUT2D eigenvalue weighted by Gasteiger charge is -2.33. The van der Waals surface area contributed by atoms with E-state index in [2.05, 4.69) is 5.32 Å². The lowest BCUT2D eigenvalue weighted by Crippen LogP contribution is -2.46. The van der Waals surface area contributed by atoms with E-state index in [0.29, 0.717) is 12.8 Å².